The van der Waals surface area contributed by atoms with Gasteiger partial charge in [0, 0.05) is 34.7 Å². The van der Waals surface area contributed by atoms with Gasteiger partial charge in [0.25, 0.3) is 11.8 Å². The molecule has 1 aromatic heterocycles. The maximum atomic E-state index is 13.4. The molecule has 4 rings (SSSR count). The number of carbonyl (C=O) groups is 3. The van der Waals surface area contributed by atoms with Crippen molar-refractivity contribution in [3.05, 3.63) is 70.5 Å². The van der Waals surface area contributed by atoms with Crippen molar-refractivity contribution in [1.29, 1.82) is 0 Å². The maximum Gasteiger partial charge on any atom is 0.337 e. The highest BCUT2D eigenvalue weighted by atomic mass is 16.5. The Bertz CT molecular complexity index is 1520. The molecule has 3 aromatic rings. The van der Waals surface area contributed by atoms with Gasteiger partial charge in [-0.15, -0.1) is 0 Å². The predicted molar refractivity (Wildman–Crippen MR) is 156 cm³/mol. The van der Waals surface area contributed by atoms with Crippen molar-refractivity contribution in [2.24, 2.45) is 5.73 Å². The molecule has 1 atom stereocenters. The van der Waals surface area contributed by atoms with Gasteiger partial charge in [0.1, 0.15) is 5.75 Å². The fraction of sp³-hybridized carbons (Fsp3) is 0.323. The monoisotopic (exact) mass is 544 g/mol. The van der Waals surface area contributed by atoms with Crippen LogP contribution in [0.3, 0.4) is 0 Å². The summed E-state index contributed by atoms with van der Waals surface area (Å²) in [6.07, 6.45) is 0.699. The molecule has 0 aliphatic carbocycles. The summed E-state index contributed by atoms with van der Waals surface area (Å²) in [5, 5.41) is 13.1. The lowest BCUT2D eigenvalue weighted by atomic mass is 9.94. The molecule has 9 heteroatoms. The molecule has 210 valence electrons. The summed E-state index contributed by atoms with van der Waals surface area (Å²) >= 11 is 0. The molecule has 0 bridgehead atoms. The Morgan fingerprint density at radius 3 is 2.30 bits per heavy atom. The number of carboxylic acids is 1. The summed E-state index contributed by atoms with van der Waals surface area (Å²) in [6, 6.07) is 13.0. The number of nitrogens with one attached hydrogen (secondary N) is 1. The summed E-state index contributed by atoms with van der Waals surface area (Å²) in [6.45, 7) is 11.2. The Balaban J connectivity index is 2.04. The number of anilines is 1. The number of hydrogen-bond donors (Lipinski definition) is 3. The first-order chi connectivity index (χ1) is 18.9. The number of ether oxygens (including phenoxy) is 1. The second-order valence-corrected chi connectivity index (χ2v) is 10.5. The van der Waals surface area contributed by atoms with Crippen LogP contribution in [0.2, 0.25) is 0 Å². The first-order valence-corrected chi connectivity index (χ1v) is 13.2. The van der Waals surface area contributed by atoms with E-state index in [2.05, 4.69) is 5.32 Å². The molecule has 2 heterocycles. The highest BCUT2D eigenvalue weighted by molar-refractivity contribution is 6.36. The van der Waals surface area contributed by atoms with Crippen molar-refractivity contribution in [3.8, 4) is 16.9 Å². The molecule has 2 amide bonds. The number of aromatic nitrogens is 1. The van der Waals surface area contributed by atoms with E-state index in [4.69, 9.17) is 10.5 Å². The van der Waals surface area contributed by atoms with E-state index in [-0.39, 0.29) is 23.6 Å². The normalized spacial score (nSPS) is 14.7. The SMILES string of the molecule is COc1cccc(-c2cccc3c2C(=Cc2c(C)c(C(=O)O)c(C)n2C(C(N)=O)N(C(C)C)C(C)C)C(=O)N3)c1. The summed E-state index contributed by atoms with van der Waals surface area (Å²) in [5.41, 5.74) is 10.7. The van der Waals surface area contributed by atoms with Gasteiger partial charge in [-0.2, -0.15) is 0 Å². The summed E-state index contributed by atoms with van der Waals surface area (Å²) < 4.78 is 7.07. The fourth-order valence-corrected chi connectivity index (χ4v) is 5.81. The van der Waals surface area contributed by atoms with Crippen molar-refractivity contribution >= 4 is 35.1 Å². The summed E-state index contributed by atoms with van der Waals surface area (Å²) in [7, 11) is 1.59. The number of aromatic carboxylic acids is 1. The van der Waals surface area contributed by atoms with Crippen molar-refractivity contribution < 1.29 is 24.2 Å². The molecule has 1 unspecified atom stereocenters. The Hall–Kier alpha value is -4.37. The van der Waals surface area contributed by atoms with E-state index in [1.54, 1.807) is 31.6 Å². The lowest BCUT2D eigenvalue weighted by Gasteiger charge is -2.38. The zero-order valence-electron chi connectivity index (χ0n) is 23.9. The molecule has 4 N–H and O–H groups in total. The molecule has 40 heavy (non-hydrogen) atoms. The van der Waals surface area contributed by atoms with E-state index < -0.39 is 18.0 Å². The third-order valence-corrected chi connectivity index (χ3v) is 7.42. The van der Waals surface area contributed by atoms with E-state index in [1.165, 1.54) is 0 Å². The Labute approximate surface area is 234 Å². The fourth-order valence-electron chi connectivity index (χ4n) is 5.81. The number of nitrogens with two attached hydrogens (primary N) is 1. The van der Waals surface area contributed by atoms with Crippen molar-refractivity contribution in [3.63, 3.8) is 0 Å². The minimum absolute atomic E-state index is 0.0743. The Kier molecular flexibility index (Phi) is 7.88. The van der Waals surface area contributed by atoms with Crippen LogP contribution in [0.4, 0.5) is 5.69 Å². The minimum Gasteiger partial charge on any atom is -0.497 e. The first kappa shape index (κ1) is 28.6. The van der Waals surface area contributed by atoms with Crippen LogP contribution in [0.1, 0.15) is 66.7 Å². The third-order valence-electron chi connectivity index (χ3n) is 7.42. The molecule has 0 saturated heterocycles. The highest BCUT2D eigenvalue weighted by Gasteiger charge is 2.36. The number of rotatable bonds is 9. The van der Waals surface area contributed by atoms with E-state index in [9.17, 15) is 19.5 Å². The standard InChI is InChI=1S/C31H36N4O5/c1-16(2)34(17(3)4)30(28(32)36)35-19(6)26(31(38)39)18(5)25(35)15-23-27-22(12-9-13-24(27)33-29(23)37)20-10-8-11-21(14-20)40-7/h8-17,30H,1-7H3,(H2,32,36)(H,33,37)(H,38,39). The van der Waals surface area contributed by atoms with Crippen LogP contribution in [-0.2, 0) is 9.59 Å². The van der Waals surface area contributed by atoms with Gasteiger partial charge >= 0.3 is 5.97 Å². The molecule has 0 spiro atoms. The van der Waals surface area contributed by atoms with Crippen molar-refractivity contribution in [2.45, 2.75) is 59.8 Å². The smallest absolute Gasteiger partial charge is 0.337 e. The van der Waals surface area contributed by atoms with Crippen LogP contribution in [0.5, 0.6) is 5.75 Å². The number of hydrogen-bond acceptors (Lipinski definition) is 5. The van der Waals surface area contributed by atoms with Crippen LogP contribution >= 0.6 is 0 Å². The molecule has 0 saturated carbocycles. The molecule has 1 aliphatic rings. The van der Waals surface area contributed by atoms with E-state index in [0.29, 0.717) is 39.5 Å². The van der Waals surface area contributed by atoms with Crippen LogP contribution in [0.25, 0.3) is 22.8 Å². The average Bonchev–Trinajstić information content (AvgIpc) is 3.33. The molecule has 9 nitrogen and oxygen atoms in total. The van der Waals surface area contributed by atoms with Gasteiger partial charge in [0.15, 0.2) is 6.17 Å². The molecule has 0 radical (unpaired) electrons. The van der Waals surface area contributed by atoms with Gasteiger partial charge < -0.3 is 25.5 Å². The number of benzene rings is 2. The van der Waals surface area contributed by atoms with E-state index >= 15 is 0 Å². The Morgan fingerprint density at radius 1 is 1.07 bits per heavy atom. The number of carboxylic acid groups (broad SMARTS) is 1. The van der Waals surface area contributed by atoms with Gasteiger partial charge in [-0.1, -0.05) is 24.3 Å². The molecule has 0 fully saturated rings. The zero-order valence-corrected chi connectivity index (χ0v) is 23.9. The average molecular weight is 545 g/mol. The molecular formula is C31H36N4O5. The highest BCUT2D eigenvalue weighted by Crippen LogP contribution is 2.42. The number of amides is 2. The minimum atomic E-state index is -1.12. The first-order valence-electron chi connectivity index (χ1n) is 13.2. The van der Waals surface area contributed by atoms with Gasteiger partial charge in [-0.25, -0.2) is 4.79 Å². The van der Waals surface area contributed by atoms with Crippen LogP contribution in [-0.4, -0.2) is 51.6 Å². The number of fused-ring (bicyclic) bond motifs is 1. The van der Waals surface area contributed by atoms with Gasteiger partial charge in [-0.05, 0) is 82.5 Å². The number of nitrogens with zero attached hydrogens (tertiary/aromatic N) is 2. The molecular weight excluding hydrogens is 508 g/mol. The zero-order chi connectivity index (χ0) is 29.5. The number of methoxy groups -OCH3 is 1. The van der Waals surface area contributed by atoms with Gasteiger partial charge in [0.05, 0.1) is 18.2 Å². The van der Waals surface area contributed by atoms with Crippen molar-refractivity contribution in [2.75, 3.05) is 12.4 Å². The number of primary amides is 1. The quantitative estimate of drug-likeness (QED) is 0.323. The van der Waals surface area contributed by atoms with Gasteiger partial charge in [0.2, 0.25) is 0 Å². The second-order valence-electron chi connectivity index (χ2n) is 10.5. The second kappa shape index (κ2) is 11.0. The topological polar surface area (TPSA) is 127 Å². The van der Waals surface area contributed by atoms with Crippen LogP contribution < -0.4 is 15.8 Å². The summed E-state index contributed by atoms with van der Waals surface area (Å²) in [5.74, 6) is -1.39. The third kappa shape index (κ3) is 4.88. The predicted octanol–water partition coefficient (Wildman–Crippen LogP) is 5.07. The molecule has 1 aliphatic heterocycles. The Morgan fingerprint density at radius 2 is 1.73 bits per heavy atom. The van der Waals surface area contributed by atoms with E-state index in [1.807, 2.05) is 75.1 Å². The van der Waals surface area contributed by atoms with Crippen molar-refractivity contribution in [1.82, 2.24) is 9.47 Å². The maximum absolute atomic E-state index is 13.4. The largest absolute Gasteiger partial charge is 0.497 e. The summed E-state index contributed by atoms with van der Waals surface area (Å²) in [4.78, 5) is 40.8. The lowest BCUT2D eigenvalue weighted by molar-refractivity contribution is -0.129. The lowest BCUT2D eigenvalue weighted by Crippen LogP contribution is -2.48. The number of carbonyl (C=O) groups excluding carboxylic acids is 2. The molecule has 2 aromatic carbocycles. The van der Waals surface area contributed by atoms with E-state index in [0.717, 1.165) is 11.1 Å². The van der Waals surface area contributed by atoms with Crippen LogP contribution in [0.15, 0.2) is 42.5 Å². The van der Waals surface area contributed by atoms with Gasteiger partial charge in [-0.3, -0.25) is 14.5 Å². The van der Waals surface area contributed by atoms with Crippen LogP contribution in [0, 0.1) is 13.8 Å².